The van der Waals surface area contributed by atoms with Crippen molar-refractivity contribution in [2.45, 2.75) is 46.7 Å². The maximum atomic E-state index is 12.7. The Bertz CT molecular complexity index is 723. The van der Waals surface area contributed by atoms with E-state index in [-0.39, 0.29) is 23.7 Å². The van der Waals surface area contributed by atoms with Gasteiger partial charge in [0.25, 0.3) is 0 Å². The lowest BCUT2D eigenvalue weighted by Gasteiger charge is -2.22. The average molecular weight is 356 g/mol. The van der Waals surface area contributed by atoms with Crippen LogP contribution in [0.5, 0.6) is 0 Å². The Labute approximate surface area is 155 Å². The molecule has 1 aromatic heterocycles. The Hall–Kier alpha value is -2.63. The highest BCUT2D eigenvalue weighted by molar-refractivity contribution is 5.97. The van der Waals surface area contributed by atoms with Crippen LogP contribution in [0.15, 0.2) is 43.0 Å². The van der Waals surface area contributed by atoms with Gasteiger partial charge in [-0.3, -0.25) is 9.59 Å². The summed E-state index contributed by atoms with van der Waals surface area (Å²) < 4.78 is 1.96. The zero-order chi connectivity index (χ0) is 19.1. The summed E-state index contributed by atoms with van der Waals surface area (Å²) >= 11 is 0. The van der Waals surface area contributed by atoms with Gasteiger partial charge in [0.2, 0.25) is 11.8 Å². The molecule has 1 atom stereocenters. The summed E-state index contributed by atoms with van der Waals surface area (Å²) in [7, 11) is 0. The highest BCUT2D eigenvalue weighted by Gasteiger charge is 2.24. The van der Waals surface area contributed by atoms with Crippen LogP contribution in [-0.2, 0) is 16.1 Å². The van der Waals surface area contributed by atoms with Crippen LogP contribution in [0.25, 0.3) is 0 Å². The fourth-order valence-corrected chi connectivity index (χ4v) is 2.70. The quantitative estimate of drug-likeness (QED) is 0.763. The molecule has 1 aromatic carbocycles. The lowest BCUT2D eigenvalue weighted by atomic mass is 10.0. The van der Waals surface area contributed by atoms with Gasteiger partial charge in [-0.1, -0.05) is 39.8 Å². The first kappa shape index (κ1) is 19.7. The van der Waals surface area contributed by atoms with Crippen LogP contribution < -0.4 is 10.6 Å². The summed E-state index contributed by atoms with van der Waals surface area (Å²) in [5, 5.41) is 5.78. The molecule has 2 N–H and O–H groups in total. The summed E-state index contributed by atoms with van der Waals surface area (Å²) in [5.74, 6) is -0.0365. The van der Waals surface area contributed by atoms with E-state index in [0.717, 1.165) is 11.3 Å². The van der Waals surface area contributed by atoms with Crippen molar-refractivity contribution < 1.29 is 9.59 Å². The lowest BCUT2D eigenvalue weighted by molar-refractivity contribution is -0.127. The molecule has 0 aliphatic heterocycles. The summed E-state index contributed by atoms with van der Waals surface area (Å²) in [6.07, 6.45) is 5.80. The lowest BCUT2D eigenvalue weighted by Crippen LogP contribution is -2.47. The second-order valence-corrected chi connectivity index (χ2v) is 7.31. The topological polar surface area (TPSA) is 76.0 Å². The maximum absolute atomic E-state index is 12.7. The molecule has 0 aliphatic rings. The van der Waals surface area contributed by atoms with Gasteiger partial charge < -0.3 is 15.2 Å². The van der Waals surface area contributed by atoms with E-state index in [4.69, 9.17) is 0 Å². The molecule has 2 rings (SSSR count). The third-order valence-corrected chi connectivity index (χ3v) is 3.98. The van der Waals surface area contributed by atoms with Crippen molar-refractivity contribution in [2.24, 2.45) is 11.8 Å². The van der Waals surface area contributed by atoms with Gasteiger partial charge in [0, 0.05) is 31.0 Å². The summed E-state index contributed by atoms with van der Waals surface area (Å²) in [6.45, 7) is 8.50. The molecule has 6 nitrogen and oxygen atoms in total. The third-order valence-electron chi connectivity index (χ3n) is 3.98. The fourth-order valence-electron chi connectivity index (χ4n) is 2.70. The van der Waals surface area contributed by atoms with Gasteiger partial charge in [0.05, 0.1) is 6.33 Å². The Morgan fingerprint density at radius 3 is 2.58 bits per heavy atom. The first-order valence-electron chi connectivity index (χ1n) is 9.00. The minimum absolute atomic E-state index is 0.000226. The van der Waals surface area contributed by atoms with E-state index < -0.39 is 6.04 Å². The molecule has 0 spiro atoms. The van der Waals surface area contributed by atoms with Crippen molar-refractivity contribution in [3.8, 4) is 0 Å². The van der Waals surface area contributed by atoms with Gasteiger partial charge in [-0.25, -0.2) is 4.98 Å². The number of hydrogen-bond donors (Lipinski definition) is 2. The van der Waals surface area contributed by atoms with Crippen molar-refractivity contribution in [2.75, 3.05) is 5.32 Å². The zero-order valence-corrected chi connectivity index (χ0v) is 15.9. The van der Waals surface area contributed by atoms with Crippen LogP contribution >= 0.6 is 0 Å². The summed E-state index contributed by atoms with van der Waals surface area (Å²) in [5.41, 5.74) is 1.78. The van der Waals surface area contributed by atoms with Gasteiger partial charge in [0.1, 0.15) is 6.04 Å². The van der Waals surface area contributed by atoms with Crippen LogP contribution in [0.4, 0.5) is 5.69 Å². The number of amides is 2. The molecule has 140 valence electrons. The predicted octanol–water partition coefficient (Wildman–Crippen LogP) is 3.06. The number of imidazole rings is 1. The smallest absolute Gasteiger partial charge is 0.247 e. The molecular weight excluding hydrogens is 328 g/mol. The SMILES string of the molecule is CC(C)CC(=O)N[C@H](C(=O)Nc1cccc(Cn2ccnc2)c1)C(C)C. The van der Waals surface area contributed by atoms with Crippen LogP contribution in [-0.4, -0.2) is 27.4 Å². The molecule has 0 unspecified atom stereocenters. The molecule has 6 heteroatoms. The second kappa shape index (κ2) is 9.17. The van der Waals surface area contributed by atoms with Crippen molar-refractivity contribution >= 4 is 17.5 Å². The number of nitrogens with zero attached hydrogens (tertiary/aromatic N) is 2. The van der Waals surface area contributed by atoms with Gasteiger partial charge in [0.15, 0.2) is 0 Å². The predicted molar refractivity (Wildman–Crippen MR) is 103 cm³/mol. The van der Waals surface area contributed by atoms with Crippen LogP contribution in [0, 0.1) is 11.8 Å². The number of carbonyl (C=O) groups excluding carboxylic acids is 2. The average Bonchev–Trinajstić information content (AvgIpc) is 3.04. The first-order valence-corrected chi connectivity index (χ1v) is 9.00. The molecule has 1 heterocycles. The van der Waals surface area contributed by atoms with Crippen molar-refractivity contribution in [3.63, 3.8) is 0 Å². The standard InChI is InChI=1S/C20H28N4O2/c1-14(2)10-18(25)23-19(15(3)4)20(26)22-17-7-5-6-16(11-17)12-24-9-8-21-13-24/h5-9,11,13-15,19H,10,12H2,1-4H3,(H,22,26)(H,23,25)/t19-/m0/s1. The molecular formula is C20H28N4O2. The Morgan fingerprint density at radius 1 is 1.19 bits per heavy atom. The molecule has 0 aliphatic carbocycles. The van der Waals surface area contributed by atoms with Crippen molar-refractivity contribution in [1.82, 2.24) is 14.9 Å². The van der Waals surface area contributed by atoms with Crippen LogP contribution in [0.1, 0.15) is 39.7 Å². The summed E-state index contributed by atoms with van der Waals surface area (Å²) in [4.78, 5) is 28.8. The minimum Gasteiger partial charge on any atom is -0.344 e. The number of benzene rings is 1. The van der Waals surface area contributed by atoms with Gasteiger partial charge in [-0.2, -0.15) is 0 Å². The van der Waals surface area contributed by atoms with Crippen molar-refractivity contribution in [3.05, 3.63) is 48.5 Å². The molecule has 2 amide bonds. The number of nitrogens with one attached hydrogen (secondary N) is 2. The monoisotopic (exact) mass is 356 g/mol. The van der Waals surface area contributed by atoms with E-state index in [0.29, 0.717) is 13.0 Å². The highest BCUT2D eigenvalue weighted by atomic mass is 16.2. The van der Waals surface area contributed by atoms with Crippen LogP contribution in [0.2, 0.25) is 0 Å². The number of rotatable bonds is 8. The number of anilines is 1. The molecule has 0 fully saturated rings. The van der Waals surface area contributed by atoms with Gasteiger partial charge >= 0.3 is 0 Å². The molecule has 0 radical (unpaired) electrons. The summed E-state index contributed by atoms with van der Waals surface area (Å²) in [6, 6.07) is 7.14. The Kier molecular flexibility index (Phi) is 6.95. The molecule has 0 saturated carbocycles. The van der Waals surface area contributed by atoms with Crippen LogP contribution in [0.3, 0.4) is 0 Å². The minimum atomic E-state index is -0.557. The Morgan fingerprint density at radius 2 is 1.96 bits per heavy atom. The number of aromatic nitrogens is 2. The number of carbonyl (C=O) groups is 2. The van der Waals surface area contributed by atoms with Gasteiger partial charge in [-0.05, 0) is 29.5 Å². The molecule has 26 heavy (non-hydrogen) atoms. The molecule has 2 aromatic rings. The third kappa shape index (κ3) is 6.02. The van der Waals surface area contributed by atoms with E-state index in [1.54, 1.807) is 12.5 Å². The highest BCUT2D eigenvalue weighted by Crippen LogP contribution is 2.14. The number of hydrogen-bond acceptors (Lipinski definition) is 3. The Balaban J connectivity index is 2.02. The van der Waals surface area contributed by atoms with Crippen molar-refractivity contribution in [1.29, 1.82) is 0 Å². The second-order valence-electron chi connectivity index (χ2n) is 7.31. The van der Waals surface area contributed by atoms with Gasteiger partial charge in [-0.15, -0.1) is 0 Å². The fraction of sp³-hybridized carbons (Fsp3) is 0.450. The maximum Gasteiger partial charge on any atom is 0.247 e. The van der Waals surface area contributed by atoms with E-state index in [1.165, 1.54) is 0 Å². The normalized spacial score (nSPS) is 12.2. The van der Waals surface area contributed by atoms with E-state index in [2.05, 4.69) is 15.6 Å². The molecule has 0 saturated heterocycles. The van der Waals surface area contributed by atoms with E-state index >= 15 is 0 Å². The zero-order valence-electron chi connectivity index (χ0n) is 15.9. The van der Waals surface area contributed by atoms with E-state index in [1.807, 2.05) is 62.7 Å². The first-order chi connectivity index (χ1) is 12.3. The molecule has 0 bridgehead atoms. The van der Waals surface area contributed by atoms with E-state index in [9.17, 15) is 9.59 Å². The largest absolute Gasteiger partial charge is 0.344 e.